The Labute approximate surface area is 178 Å². The molecule has 31 heavy (non-hydrogen) atoms. The van der Waals surface area contributed by atoms with Crippen LogP contribution in [0.3, 0.4) is 0 Å². The lowest BCUT2D eigenvalue weighted by Crippen LogP contribution is -2.19. The van der Waals surface area contributed by atoms with Crippen molar-refractivity contribution >= 4 is 17.3 Å². The van der Waals surface area contributed by atoms with E-state index in [0.717, 1.165) is 23.4 Å². The van der Waals surface area contributed by atoms with Crippen LogP contribution in [-0.2, 0) is 11.0 Å². The number of hydrogen-bond acceptors (Lipinski definition) is 4. The van der Waals surface area contributed by atoms with Crippen molar-refractivity contribution < 1.29 is 18.0 Å². The summed E-state index contributed by atoms with van der Waals surface area (Å²) in [7, 11) is 0. The molecular formula is C23H23F3N4O. The minimum absolute atomic E-state index is 0.0364. The quantitative estimate of drug-likeness (QED) is 0.624. The molecule has 162 valence electrons. The minimum atomic E-state index is -4.47. The largest absolute Gasteiger partial charge is 0.417 e. The number of nitrogens with one attached hydrogen (secondary N) is 1. The molecule has 1 amide bonds. The maximum Gasteiger partial charge on any atom is 0.417 e. The van der Waals surface area contributed by atoms with Gasteiger partial charge in [0.15, 0.2) is 0 Å². The van der Waals surface area contributed by atoms with E-state index in [0.29, 0.717) is 49.0 Å². The molecule has 0 unspecified atom stereocenters. The summed E-state index contributed by atoms with van der Waals surface area (Å²) in [6, 6.07) is 9.62. The summed E-state index contributed by atoms with van der Waals surface area (Å²) in [4.78, 5) is 16.8. The fraction of sp³-hybridized carbons (Fsp3) is 0.348. The molecule has 1 aliphatic carbocycles. The summed E-state index contributed by atoms with van der Waals surface area (Å²) in [5, 5.41) is 11.7. The van der Waals surface area contributed by atoms with Gasteiger partial charge in [-0.05, 0) is 62.4 Å². The van der Waals surface area contributed by atoms with Crippen LogP contribution in [0.15, 0.2) is 47.7 Å². The number of nitrogens with zero attached hydrogens (tertiary/aromatic N) is 2. The van der Waals surface area contributed by atoms with Gasteiger partial charge in [-0.25, -0.2) is 0 Å². The number of alkyl halides is 3. The SMILES string of the molecule is CCC(C(=O)Nc1ccc(C#N)cc1)=C1CCC(c2ncc(C(F)(F)F)cc2N)CC1. The van der Waals surface area contributed by atoms with Crippen LogP contribution < -0.4 is 11.1 Å². The molecule has 1 aliphatic rings. The summed E-state index contributed by atoms with van der Waals surface area (Å²) in [6.45, 7) is 1.92. The number of anilines is 2. The molecule has 0 spiro atoms. The summed E-state index contributed by atoms with van der Waals surface area (Å²) in [5.74, 6) is -0.210. The average Bonchev–Trinajstić information content (AvgIpc) is 2.75. The van der Waals surface area contributed by atoms with Crippen LogP contribution in [0.2, 0.25) is 0 Å². The number of halogens is 3. The second kappa shape index (κ2) is 9.21. The topological polar surface area (TPSA) is 91.8 Å². The number of benzene rings is 1. The van der Waals surface area contributed by atoms with E-state index in [2.05, 4.69) is 10.3 Å². The number of nitrogen functional groups attached to an aromatic ring is 1. The van der Waals surface area contributed by atoms with Crippen molar-refractivity contribution in [1.82, 2.24) is 4.98 Å². The Morgan fingerprint density at radius 3 is 2.42 bits per heavy atom. The van der Waals surface area contributed by atoms with Crippen LogP contribution in [0.1, 0.15) is 61.8 Å². The van der Waals surface area contributed by atoms with Gasteiger partial charge in [0.05, 0.1) is 28.6 Å². The third kappa shape index (κ3) is 5.23. The first-order chi connectivity index (χ1) is 14.7. The van der Waals surface area contributed by atoms with Gasteiger partial charge in [0.1, 0.15) is 0 Å². The number of allylic oxidation sites excluding steroid dienone is 1. The van der Waals surface area contributed by atoms with Crippen molar-refractivity contribution in [2.75, 3.05) is 11.1 Å². The number of aromatic nitrogens is 1. The molecule has 0 radical (unpaired) electrons. The predicted molar refractivity (Wildman–Crippen MR) is 112 cm³/mol. The fourth-order valence-electron chi connectivity index (χ4n) is 3.94. The van der Waals surface area contributed by atoms with E-state index >= 15 is 0 Å². The molecule has 0 bridgehead atoms. The Bertz CT molecular complexity index is 1030. The van der Waals surface area contributed by atoms with Gasteiger partial charge in [-0.15, -0.1) is 0 Å². The van der Waals surface area contributed by atoms with Crippen molar-refractivity contribution in [3.8, 4) is 6.07 Å². The summed E-state index contributed by atoms with van der Waals surface area (Å²) in [6.07, 6.45) is -0.395. The third-order valence-electron chi connectivity index (χ3n) is 5.58. The van der Waals surface area contributed by atoms with Crippen molar-refractivity contribution in [2.45, 2.75) is 51.1 Å². The van der Waals surface area contributed by atoms with Crippen LogP contribution in [0.25, 0.3) is 0 Å². The van der Waals surface area contributed by atoms with Gasteiger partial charge in [0, 0.05) is 23.4 Å². The molecule has 8 heteroatoms. The lowest BCUT2D eigenvalue weighted by atomic mass is 9.81. The number of hydrogen-bond donors (Lipinski definition) is 2. The summed E-state index contributed by atoms with van der Waals surface area (Å²) < 4.78 is 38.5. The van der Waals surface area contributed by atoms with Crippen LogP contribution >= 0.6 is 0 Å². The zero-order chi connectivity index (χ0) is 22.6. The van der Waals surface area contributed by atoms with Gasteiger partial charge >= 0.3 is 6.18 Å². The lowest BCUT2D eigenvalue weighted by Gasteiger charge is -2.26. The average molecular weight is 428 g/mol. The van der Waals surface area contributed by atoms with Crippen LogP contribution in [0, 0.1) is 11.3 Å². The number of nitriles is 1. The molecule has 0 atom stereocenters. The Hall–Kier alpha value is -3.34. The molecule has 5 nitrogen and oxygen atoms in total. The van der Waals surface area contributed by atoms with Crippen molar-refractivity contribution in [2.24, 2.45) is 0 Å². The Balaban J connectivity index is 1.70. The Morgan fingerprint density at radius 2 is 1.90 bits per heavy atom. The van der Waals surface area contributed by atoms with E-state index in [1.165, 1.54) is 0 Å². The van der Waals surface area contributed by atoms with E-state index in [4.69, 9.17) is 11.0 Å². The maximum atomic E-state index is 12.8. The first-order valence-electron chi connectivity index (χ1n) is 10.1. The molecule has 1 aromatic heterocycles. The predicted octanol–water partition coefficient (Wildman–Crippen LogP) is 5.56. The third-order valence-corrected chi connectivity index (χ3v) is 5.58. The first kappa shape index (κ1) is 22.3. The Kier molecular flexibility index (Phi) is 6.64. The molecule has 1 aromatic carbocycles. The monoisotopic (exact) mass is 428 g/mol. The van der Waals surface area contributed by atoms with Gasteiger partial charge in [0.2, 0.25) is 0 Å². The molecule has 2 aromatic rings. The van der Waals surface area contributed by atoms with Gasteiger partial charge in [-0.3, -0.25) is 9.78 Å². The second-order valence-corrected chi connectivity index (χ2v) is 7.55. The number of carbonyl (C=O) groups is 1. The van der Waals surface area contributed by atoms with Crippen molar-refractivity contribution in [3.63, 3.8) is 0 Å². The number of pyridine rings is 1. The zero-order valence-corrected chi connectivity index (χ0v) is 17.1. The highest BCUT2D eigenvalue weighted by Crippen LogP contribution is 2.40. The van der Waals surface area contributed by atoms with E-state index in [1.54, 1.807) is 24.3 Å². The minimum Gasteiger partial charge on any atom is -0.397 e. The fourth-order valence-corrected chi connectivity index (χ4v) is 3.94. The van der Waals surface area contributed by atoms with E-state index in [1.807, 2.05) is 13.0 Å². The van der Waals surface area contributed by atoms with Crippen molar-refractivity contribution in [1.29, 1.82) is 5.26 Å². The standard InChI is InChI=1S/C23H23F3N4O/c1-2-19(22(31)30-18-9-3-14(12-27)4-10-18)15-5-7-16(8-6-15)21-20(28)11-17(13-29-21)23(24,25)26/h3-4,9-11,13,16H,2,5-8,28H2,1H3,(H,30,31). The highest BCUT2D eigenvalue weighted by Gasteiger charge is 2.32. The first-order valence-corrected chi connectivity index (χ1v) is 10.1. The molecule has 0 aliphatic heterocycles. The molecule has 3 rings (SSSR count). The number of rotatable bonds is 4. The molecule has 1 fully saturated rings. The summed E-state index contributed by atoms with van der Waals surface area (Å²) in [5.41, 5.74) is 8.47. The van der Waals surface area contributed by atoms with Crippen molar-refractivity contribution in [3.05, 3.63) is 64.5 Å². The molecule has 1 heterocycles. The van der Waals surface area contributed by atoms with Gasteiger partial charge in [-0.1, -0.05) is 12.5 Å². The van der Waals surface area contributed by atoms with Crippen LogP contribution in [0.4, 0.5) is 24.5 Å². The zero-order valence-electron chi connectivity index (χ0n) is 17.1. The van der Waals surface area contributed by atoms with Gasteiger partial charge in [-0.2, -0.15) is 18.4 Å². The lowest BCUT2D eigenvalue weighted by molar-refractivity contribution is -0.137. The van der Waals surface area contributed by atoms with E-state index < -0.39 is 11.7 Å². The molecule has 3 N–H and O–H groups in total. The molecular weight excluding hydrogens is 405 g/mol. The second-order valence-electron chi connectivity index (χ2n) is 7.55. The smallest absolute Gasteiger partial charge is 0.397 e. The maximum absolute atomic E-state index is 12.8. The van der Waals surface area contributed by atoms with Crippen LogP contribution in [0.5, 0.6) is 0 Å². The van der Waals surface area contributed by atoms with Gasteiger partial charge < -0.3 is 11.1 Å². The van der Waals surface area contributed by atoms with E-state index in [9.17, 15) is 18.0 Å². The van der Waals surface area contributed by atoms with Gasteiger partial charge in [0.25, 0.3) is 5.91 Å². The number of nitrogens with two attached hydrogens (primary N) is 1. The molecule has 1 saturated carbocycles. The Morgan fingerprint density at radius 1 is 1.26 bits per heavy atom. The summed E-state index contributed by atoms with van der Waals surface area (Å²) >= 11 is 0. The highest BCUT2D eigenvalue weighted by molar-refractivity contribution is 6.04. The van der Waals surface area contributed by atoms with E-state index in [-0.39, 0.29) is 17.5 Å². The molecule has 0 saturated heterocycles. The highest BCUT2D eigenvalue weighted by atomic mass is 19.4. The normalized spacial score (nSPS) is 16.5. The van der Waals surface area contributed by atoms with Crippen LogP contribution in [-0.4, -0.2) is 10.9 Å². The number of amides is 1. The number of carbonyl (C=O) groups excluding carboxylic acids is 1.